The SMILES string of the molecule is CC.CC(C)(C)OC(=O)Nc1cccc(Nc2nc(Cl)ncc2CO)c1. The summed E-state index contributed by atoms with van der Waals surface area (Å²) in [6.45, 7) is 9.15. The molecule has 0 fully saturated rings. The molecular formula is C18H25ClN4O3. The number of carbonyl (C=O) groups excluding carboxylic acids is 1. The second kappa shape index (κ2) is 9.94. The number of carbonyl (C=O) groups is 1. The summed E-state index contributed by atoms with van der Waals surface area (Å²) in [5.41, 5.74) is 1.14. The van der Waals surface area contributed by atoms with Crippen molar-refractivity contribution in [2.45, 2.75) is 46.8 Å². The summed E-state index contributed by atoms with van der Waals surface area (Å²) in [7, 11) is 0. The van der Waals surface area contributed by atoms with Crippen LogP contribution in [0, 0.1) is 0 Å². The molecule has 0 spiro atoms. The maximum atomic E-state index is 11.8. The van der Waals surface area contributed by atoms with E-state index in [-0.39, 0.29) is 11.9 Å². The summed E-state index contributed by atoms with van der Waals surface area (Å²) in [4.78, 5) is 19.7. The number of halogens is 1. The van der Waals surface area contributed by atoms with Crippen LogP contribution in [0.2, 0.25) is 5.28 Å². The van der Waals surface area contributed by atoms with Crippen LogP contribution in [0.15, 0.2) is 30.5 Å². The Morgan fingerprint density at radius 1 is 1.27 bits per heavy atom. The van der Waals surface area contributed by atoms with E-state index >= 15 is 0 Å². The lowest BCUT2D eigenvalue weighted by Gasteiger charge is -2.19. The zero-order chi connectivity index (χ0) is 19.7. The monoisotopic (exact) mass is 380 g/mol. The number of nitrogens with zero attached hydrogens (tertiary/aromatic N) is 2. The van der Waals surface area contributed by atoms with Gasteiger partial charge in [-0.15, -0.1) is 0 Å². The molecule has 0 bridgehead atoms. The molecule has 0 aliphatic carbocycles. The standard InChI is InChI=1S/C16H19ClN4O3.C2H6/c1-16(2,3)24-15(23)20-12-6-4-5-11(7-12)19-13-10(9-22)8-18-14(17)21-13;1-2/h4-8,22H,9H2,1-3H3,(H,20,23)(H,18,19,21);1-2H3. The van der Waals surface area contributed by atoms with Crippen molar-refractivity contribution in [3.8, 4) is 0 Å². The van der Waals surface area contributed by atoms with Crippen LogP contribution in [0.4, 0.5) is 22.0 Å². The Hall–Kier alpha value is -2.38. The lowest BCUT2D eigenvalue weighted by atomic mass is 10.2. The number of aromatic nitrogens is 2. The number of nitrogens with one attached hydrogen (secondary N) is 2. The zero-order valence-corrected chi connectivity index (χ0v) is 16.4. The van der Waals surface area contributed by atoms with E-state index < -0.39 is 11.7 Å². The molecule has 142 valence electrons. The third kappa shape index (κ3) is 7.25. The van der Waals surface area contributed by atoms with E-state index in [0.29, 0.717) is 22.8 Å². The van der Waals surface area contributed by atoms with Gasteiger partial charge in [0.05, 0.1) is 6.61 Å². The van der Waals surface area contributed by atoms with Crippen molar-refractivity contribution in [1.82, 2.24) is 9.97 Å². The topological polar surface area (TPSA) is 96.4 Å². The molecular weight excluding hydrogens is 356 g/mol. The fourth-order valence-electron chi connectivity index (χ4n) is 1.84. The van der Waals surface area contributed by atoms with Crippen LogP contribution in [0.5, 0.6) is 0 Å². The third-order valence-corrected chi connectivity index (χ3v) is 2.96. The highest BCUT2D eigenvalue weighted by Crippen LogP contribution is 2.22. The van der Waals surface area contributed by atoms with Gasteiger partial charge in [0, 0.05) is 23.1 Å². The highest BCUT2D eigenvalue weighted by molar-refractivity contribution is 6.28. The van der Waals surface area contributed by atoms with Gasteiger partial charge in [-0.25, -0.2) is 14.8 Å². The molecule has 1 aromatic heterocycles. The van der Waals surface area contributed by atoms with E-state index in [1.54, 1.807) is 45.0 Å². The molecule has 1 aromatic carbocycles. The summed E-state index contributed by atoms with van der Waals surface area (Å²) in [6.07, 6.45) is 0.904. The molecule has 0 atom stereocenters. The summed E-state index contributed by atoms with van der Waals surface area (Å²) in [5.74, 6) is 0.395. The van der Waals surface area contributed by atoms with Crippen LogP contribution < -0.4 is 10.6 Å². The zero-order valence-electron chi connectivity index (χ0n) is 15.6. The second-order valence-corrected chi connectivity index (χ2v) is 6.34. The van der Waals surface area contributed by atoms with Crippen molar-refractivity contribution in [3.63, 3.8) is 0 Å². The number of benzene rings is 1. The van der Waals surface area contributed by atoms with Crippen molar-refractivity contribution in [3.05, 3.63) is 41.3 Å². The molecule has 0 saturated heterocycles. The molecule has 7 nitrogen and oxygen atoms in total. The van der Waals surface area contributed by atoms with Gasteiger partial charge in [-0.3, -0.25) is 5.32 Å². The molecule has 2 aromatic rings. The first kappa shape index (κ1) is 21.7. The number of ether oxygens (including phenoxy) is 1. The minimum Gasteiger partial charge on any atom is -0.444 e. The van der Waals surface area contributed by atoms with Gasteiger partial charge in [0.2, 0.25) is 5.28 Å². The quantitative estimate of drug-likeness (QED) is 0.663. The fraction of sp³-hybridized carbons (Fsp3) is 0.389. The lowest BCUT2D eigenvalue weighted by molar-refractivity contribution is 0.0636. The number of aliphatic hydroxyl groups excluding tert-OH is 1. The van der Waals surface area contributed by atoms with Crippen molar-refractivity contribution in [2.24, 2.45) is 0 Å². The Kier molecular flexibility index (Phi) is 8.28. The Morgan fingerprint density at radius 2 is 1.92 bits per heavy atom. The first-order chi connectivity index (χ1) is 12.3. The minimum atomic E-state index is -0.576. The van der Waals surface area contributed by atoms with E-state index in [2.05, 4.69) is 20.6 Å². The molecule has 1 amide bonds. The maximum Gasteiger partial charge on any atom is 0.412 e. The van der Waals surface area contributed by atoms with Crippen LogP contribution in [0.1, 0.15) is 40.2 Å². The molecule has 1 heterocycles. The van der Waals surface area contributed by atoms with E-state index in [4.69, 9.17) is 16.3 Å². The van der Waals surface area contributed by atoms with Gasteiger partial charge in [0.1, 0.15) is 11.4 Å². The molecule has 0 aliphatic rings. The second-order valence-electron chi connectivity index (χ2n) is 6.00. The molecule has 0 radical (unpaired) electrons. The summed E-state index contributed by atoms with van der Waals surface area (Å²) in [6, 6.07) is 6.99. The first-order valence-corrected chi connectivity index (χ1v) is 8.64. The van der Waals surface area contributed by atoms with Crippen molar-refractivity contribution in [2.75, 3.05) is 10.6 Å². The molecule has 8 heteroatoms. The van der Waals surface area contributed by atoms with Gasteiger partial charge in [0.25, 0.3) is 0 Å². The smallest absolute Gasteiger partial charge is 0.412 e. The van der Waals surface area contributed by atoms with Gasteiger partial charge >= 0.3 is 6.09 Å². The lowest BCUT2D eigenvalue weighted by Crippen LogP contribution is -2.27. The van der Waals surface area contributed by atoms with Gasteiger partial charge < -0.3 is 15.2 Å². The van der Waals surface area contributed by atoms with Gasteiger partial charge in [-0.05, 0) is 50.6 Å². The number of aliphatic hydroxyl groups is 1. The van der Waals surface area contributed by atoms with Crippen molar-refractivity contribution >= 4 is 34.9 Å². The Labute approximate surface area is 158 Å². The van der Waals surface area contributed by atoms with Crippen LogP contribution in [-0.4, -0.2) is 26.8 Å². The molecule has 2 rings (SSSR count). The number of hydrogen-bond donors (Lipinski definition) is 3. The van der Waals surface area contributed by atoms with E-state index in [1.807, 2.05) is 13.8 Å². The van der Waals surface area contributed by atoms with E-state index in [9.17, 15) is 9.90 Å². The Bertz CT molecular complexity index is 733. The fourth-order valence-corrected chi connectivity index (χ4v) is 1.98. The normalized spacial score (nSPS) is 10.4. The highest BCUT2D eigenvalue weighted by Gasteiger charge is 2.16. The molecule has 26 heavy (non-hydrogen) atoms. The molecule has 0 saturated carbocycles. The summed E-state index contributed by atoms with van der Waals surface area (Å²) < 4.78 is 5.21. The first-order valence-electron chi connectivity index (χ1n) is 8.26. The third-order valence-electron chi connectivity index (χ3n) is 2.78. The number of anilines is 3. The molecule has 0 aliphatic heterocycles. The van der Waals surface area contributed by atoms with Gasteiger partial charge in [0.15, 0.2) is 0 Å². The average molecular weight is 381 g/mol. The van der Waals surface area contributed by atoms with Gasteiger partial charge in [-0.1, -0.05) is 19.9 Å². The number of rotatable bonds is 4. The molecule has 3 N–H and O–H groups in total. The van der Waals surface area contributed by atoms with Crippen LogP contribution in [-0.2, 0) is 11.3 Å². The molecule has 0 unspecified atom stereocenters. The maximum absolute atomic E-state index is 11.8. The summed E-state index contributed by atoms with van der Waals surface area (Å²) >= 11 is 5.78. The Balaban J connectivity index is 0.00000163. The van der Waals surface area contributed by atoms with E-state index in [0.717, 1.165) is 0 Å². The summed E-state index contributed by atoms with van der Waals surface area (Å²) in [5, 5.41) is 15.1. The van der Waals surface area contributed by atoms with E-state index in [1.165, 1.54) is 6.20 Å². The van der Waals surface area contributed by atoms with Gasteiger partial charge in [-0.2, -0.15) is 0 Å². The van der Waals surface area contributed by atoms with Crippen LogP contribution >= 0.6 is 11.6 Å². The minimum absolute atomic E-state index is 0.0673. The predicted molar refractivity (Wildman–Crippen MR) is 104 cm³/mol. The van der Waals surface area contributed by atoms with Crippen molar-refractivity contribution in [1.29, 1.82) is 0 Å². The largest absolute Gasteiger partial charge is 0.444 e. The number of amides is 1. The average Bonchev–Trinajstić information content (AvgIpc) is 2.55. The predicted octanol–water partition coefficient (Wildman–Crippen LogP) is 4.74. The highest BCUT2D eigenvalue weighted by atomic mass is 35.5. The van der Waals surface area contributed by atoms with Crippen LogP contribution in [0.25, 0.3) is 0 Å². The van der Waals surface area contributed by atoms with Crippen LogP contribution in [0.3, 0.4) is 0 Å². The Morgan fingerprint density at radius 3 is 2.54 bits per heavy atom. The van der Waals surface area contributed by atoms with Crippen molar-refractivity contribution < 1.29 is 14.6 Å². The number of hydrogen-bond acceptors (Lipinski definition) is 6.